The van der Waals surface area contributed by atoms with Crippen LogP contribution in [0.5, 0.6) is 0 Å². The van der Waals surface area contributed by atoms with Crippen molar-refractivity contribution in [2.75, 3.05) is 0 Å². The number of carbonyl (C=O) groups excluding carboxylic acids is 2. The van der Waals surface area contributed by atoms with E-state index in [1.807, 2.05) is 0 Å². The van der Waals surface area contributed by atoms with Gasteiger partial charge in [0.05, 0.1) is 27.4 Å². The van der Waals surface area contributed by atoms with E-state index in [9.17, 15) is 24.5 Å². The smallest absolute Gasteiger partial charge is 0.295 e. The zero-order valence-corrected chi connectivity index (χ0v) is 16.9. The van der Waals surface area contributed by atoms with Crippen LogP contribution in [0.25, 0.3) is 17.1 Å². The quantitative estimate of drug-likeness (QED) is 0.362. The minimum Gasteiger partial charge on any atom is -0.295 e. The third kappa shape index (κ3) is 3.30. The van der Waals surface area contributed by atoms with Gasteiger partial charge in [-0.15, -0.1) is 0 Å². The largest absolute Gasteiger partial charge is 0.328 e. The molecule has 0 bridgehead atoms. The van der Waals surface area contributed by atoms with Crippen LogP contribution >= 0.6 is 11.8 Å². The van der Waals surface area contributed by atoms with E-state index in [2.05, 4.69) is 0 Å². The molecule has 0 radical (unpaired) electrons. The zero-order valence-electron chi connectivity index (χ0n) is 16.1. The number of non-ortho nitro benzene ring substituents is 1. The maximum Gasteiger partial charge on any atom is 0.328 e. The molecule has 2 aromatic carbocycles. The molecule has 0 N–H and O–H groups in total. The van der Waals surface area contributed by atoms with E-state index in [0.29, 0.717) is 11.1 Å². The summed E-state index contributed by atoms with van der Waals surface area (Å²) in [4.78, 5) is 48.8. The molecule has 2 amide bonds. The van der Waals surface area contributed by atoms with Gasteiger partial charge in [0.1, 0.15) is 0 Å². The monoisotopic (exact) mass is 424 g/mol. The van der Waals surface area contributed by atoms with Crippen molar-refractivity contribution >= 4 is 45.7 Å². The maximum atomic E-state index is 12.7. The number of hydrogen-bond donors (Lipinski definition) is 0. The number of aromatic nitrogens is 2. The molecule has 30 heavy (non-hydrogen) atoms. The topological polar surface area (TPSA) is 107 Å². The highest BCUT2D eigenvalue weighted by Gasteiger charge is 2.35. The third-order valence-corrected chi connectivity index (χ3v) is 5.86. The summed E-state index contributed by atoms with van der Waals surface area (Å²) >= 11 is 0.838. The number of aryl methyl sites for hydroxylation is 2. The Morgan fingerprint density at radius 1 is 1.00 bits per heavy atom. The molecule has 1 saturated heterocycles. The second kappa shape index (κ2) is 7.30. The molecule has 2 heterocycles. The fraction of sp³-hybridized carbons (Fsp3) is 0.150. The molecule has 0 spiro atoms. The summed E-state index contributed by atoms with van der Waals surface area (Å²) in [5.74, 6) is -0.426. The van der Waals surface area contributed by atoms with E-state index in [4.69, 9.17) is 0 Å². The van der Waals surface area contributed by atoms with Gasteiger partial charge in [-0.2, -0.15) is 0 Å². The number of nitrogens with zero attached hydrogens (tertiary/aromatic N) is 4. The maximum absolute atomic E-state index is 12.7. The van der Waals surface area contributed by atoms with Crippen LogP contribution in [0.3, 0.4) is 0 Å². The van der Waals surface area contributed by atoms with E-state index < -0.39 is 16.1 Å². The SMILES string of the molecule is Cn1c(=O)n(C)c2cc(C=C3SC(=O)N(Cc4ccc([N+](=O)[O-])cc4)C3=O)ccc21. The van der Waals surface area contributed by atoms with E-state index in [0.717, 1.165) is 27.7 Å². The minimum atomic E-state index is -0.508. The molecule has 1 aliphatic heterocycles. The van der Waals surface area contributed by atoms with Gasteiger partial charge in [-0.3, -0.25) is 33.7 Å². The lowest BCUT2D eigenvalue weighted by Gasteiger charge is -2.12. The van der Waals surface area contributed by atoms with Crippen LogP contribution in [0.1, 0.15) is 11.1 Å². The Bertz CT molecular complexity index is 1300. The summed E-state index contributed by atoms with van der Waals surface area (Å²) in [5.41, 5.74) is 2.60. The zero-order chi connectivity index (χ0) is 21.6. The fourth-order valence-corrected chi connectivity index (χ4v) is 4.15. The number of thioether (sulfide) groups is 1. The number of imide groups is 1. The number of fused-ring (bicyclic) bond motifs is 1. The summed E-state index contributed by atoms with van der Waals surface area (Å²) in [7, 11) is 3.36. The van der Waals surface area contributed by atoms with Crippen molar-refractivity contribution in [1.29, 1.82) is 0 Å². The highest BCUT2D eigenvalue weighted by atomic mass is 32.2. The van der Waals surface area contributed by atoms with Crippen molar-refractivity contribution < 1.29 is 14.5 Å². The lowest BCUT2D eigenvalue weighted by molar-refractivity contribution is -0.384. The van der Waals surface area contributed by atoms with Crippen molar-refractivity contribution in [3.8, 4) is 0 Å². The molecule has 9 nitrogen and oxygen atoms in total. The highest BCUT2D eigenvalue weighted by Crippen LogP contribution is 2.33. The number of benzene rings is 2. The average molecular weight is 424 g/mol. The van der Waals surface area contributed by atoms with Gasteiger partial charge in [-0.05, 0) is 41.1 Å². The van der Waals surface area contributed by atoms with Gasteiger partial charge in [0, 0.05) is 26.2 Å². The Balaban J connectivity index is 1.59. The van der Waals surface area contributed by atoms with Crippen LogP contribution in [-0.4, -0.2) is 30.1 Å². The summed E-state index contributed by atoms with van der Waals surface area (Å²) in [5, 5.41) is 10.4. The van der Waals surface area contributed by atoms with Crippen molar-refractivity contribution in [3.05, 3.63) is 79.1 Å². The lowest BCUT2D eigenvalue weighted by Crippen LogP contribution is -2.27. The Hall–Kier alpha value is -3.66. The van der Waals surface area contributed by atoms with E-state index in [1.54, 1.807) is 38.4 Å². The Morgan fingerprint density at radius 3 is 2.33 bits per heavy atom. The van der Waals surface area contributed by atoms with E-state index in [1.165, 1.54) is 33.4 Å². The van der Waals surface area contributed by atoms with Gasteiger partial charge in [-0.1, -0.05) is 18.2 Å². The molecule has 0 unspecified atom stereocenters. The molecular weight excluding hydrogens is 408 g/mol. The molecule has 1 fully saturated rings. The molecule has 3 aromatic rings. The minimum absolute atomic E-state index is 0.0340. The van der Waals surface area contributed by atoms with Crippen molar-refractivity contribution in [3.63, 3.8) is 0 Å². The van der Waals surface area contributed by atoms with Gasteiger partial charge in [0.2, 0.25) is 0 Å². The average Bonchev–Trinajstić information content (AvgIpc) is 3.11. The molecule has 1 aromatic heterocycles. The predicted octanol–water partition coefficient (Wildman–Crippen LogP) is 3.02. The lowest BCUT2D eigenvalue weighted by atomic mass is 10.1. The van der Waals surface area contributed by atoms with Gasteiger partial charge in [0.15, 0.2) is 0 Å². The van der Waals surface area contributed by atoms with Crippen molar-refractivity contribution in [2.24, 2.45) is 14.1 Å². The molecular formula is C20H16N4O5S. The molecule has 152 valence electrons. The van der Waals surface area contributed by atoms with Crippen LogP contribution in [0.2, 0.25) is 0 Å². The Labute approximate surface area is 174 Å². The third-order valence-electron chi connectivity index (χ3n) is 4.96. The van der Waals surface area contributed by atoms with Crippen molar-refractivity contribution in [1.82, 2.24) is 14.0 Å². The van der Waals surface area contributed by atoms with Crippen LogP contribution in [0.15, 0.2) is 52.2 Å². The molecule has 0 saturated carbocycles. The molecule has 0 aliphatic carbocycles. The standard InChI is InChI=1S/C20H16N4O5S/c1-21-15-8-5-13(9-16(15)22(2)19(21)26)10-17-18(25)23(20(27)30-17)11-12-3-6-14(7-4-12)24(28)29/h3-10H,11H2,1-2H3. The van der Waals surface area contributed by atoms with Gasteiger partial charge in [-0.25, -0.2) is 4.79 Å². The van der Waals surface area contributed by atoms with Gasteiger partial charge >= 0.3 is 5.69 Å². The number of nitro benzene ring substituents is 1. The number of amides is 2. The summed E-state index contributed by atoms with van der Waals surface area (Å²) in [6.07, 6.45) is 1.62. The molecule has 10 heteroatoms. The number of nitro groups is 1. The first kappa shape index (κ1) is 19.6. The van der Waals surface area contributed by atoms with Crippen LogP contribution in [0.4, 0.5) is 10.5 Å². The highest BCUT2D eigenvalue weighted by molar-refractivity contribution is 8.18. The predicted molar refractivity (Wildman–Crippen MR) is 113 cm³/mol. The number of hydrogen-bond acceptors (Lipinski definition) is 6. The van der Waals surface area contributed by atoms with E-state index >= 15 is 0 Å². The summed E-state index contributed by atoms with van der Waals surface area (Å²) < 4.78 is 3.06. The van der Waals surface area contributed by atoms with Crippen LogP contribution < -0.4 is 5.69 Å². The molecule has 0 atom stereocenters. The molecule has 1 aliphatic rings. The first-order valence-corrected chi connectivity index (χ1v) is 9.72. The Morgan fingerprint density at radius 2 is 1.67 bits per heavy atom. The Kier molecular flexibility index (Phi) is 4.78. The number of imidazole rings is 1. The number of rotatable bonds is 4. The van der Waals surface area contributed by atoms with Crippen molar-refractivity contribution in [2.45, 2.75) is 6.54 Å². The number of carbonyl (C=O) groups is 2. The second-order valence-corrected chi connectivity index (χ2v) is 7.83. The summed E-state index contributed by atoms with van der Waals surface area (Å²) in [6, 6.07) is 11.1. The second-order valence-electron chi connectivity index (χ2n) is 6.84. The first-order valence-electron chi connectivity index (χ1n) is 8.90. The van der Waals surface area contributed by atoms with Crippen LogP contribution in [0, 0.1) is 10.1 Å². The van der Waals surface area contributed by atoms with Crippen LogP contribution in [-0.2, 0) is 25.4 Å². The fourth-order valence-electron chi connectivity index (χ4n) is 3.31. The first-order chi connectivity index (χ1) is 14.3. The normalized spacial score (nSPS) is 15.5. The van der Waals surface area contributed by atoms with Gasteiger partial charge < -0.3 is 0 Å². The van der Waals surface area contributed by atoms with E-state index in [-0.39, 0.29) is 22.8 Å². The van der Waals surface area contributed by atoms with Gasteiger partial charge in [0.25, 0.3) is 16.8 Å². The summed E-state index contributed by atoms with van der Waals surface area (Å²) in [6.45, 7) is 0.0340. The molecule has 4 rings (SSSR count).